The van der Waals surface area contributed by atoms with E-state index in [1.54, 1.807) is 23.3 Å². The number of hydrogen-bond donors (Lipinski definition) is 1. The van der Waals surface area contributed by atoms with Gasteiger partial charge in [0, 0.05) is 64.2 Å². The molecule has 1 aromatic carbocycles. The average molecular weight is 669 g/mol. The number of alkyl carbamates (subject to hydrolysis) is 1. The number of hydrogen-bond acceptors (Lipinski definition) is 8. The number of carbonyl (C=O) groups excluding carboxylic acids is 1. The lowest BCUT2D eigenvalue weighted by molar-refractivity contribution is 0.0492. The first kappa shape index (κ1) is 32.5. The molecule has 0 radical (unpaired) electrons. The van der Waals surface area contributed by atoms with Crippen LogP contribution in [0.15, 0.2) is 23.1 Å². The quantitative estimate of drug-likeness (QED) is 0.188. The minimum atomic E-state index is -1.29. The maximum Gasteiger partial charge on any atom is 0.407 e. The topological polar surface area (TPSA) is 121 Å². The molecule has 248 valence electrons. The van der Waals surface area contributed by atoms with Gasteiger partial charge in [-0.1, -0.05) is 42.5 Å². The summed E-state index contributed by atoms with van der Waals surface area (Å²) in [4.78, 5) is 34.4. The van der Waals surface area contributed by atoms with Crippen molar-refractivity contribution in [3.63, 3.8) is 0 Å². The average Bonchev–Trinajstić information content (AvgIpc) is 3.58. The van der Waals surface area contributed by atoms with Gasteiger partial charge in [0.05, 0.1) is 10.4 Å². The highest BCUT2D eigenvalue weighted by Crippen LogP contribution is 2.41. The Hall–Kier alpha value is -3.42. The number of ether oxygens (including phenoxy) is 2. The van der Waals surface area contributed by atoms with Crippen molar-refractivity contribution in [3.8, 4) is 11.1 Å². The zero-order chi connectivity index (χ0) is 33.1. The fraction of sp³-hybridized carbons (Fsp3) is 0.594. The van der Waals surface area contributed by atoms with Gasteiger partial charge in [0.15, 0.2) is 5.65 Å². The van der Waals surface area contributed by atoms with E-state index in [1.807, 2.05) is 43.7 Å². The Balaban J connectivity index is 1.38. The van der Waals surface area contributed by atoms with E-state index >= 15 is 0 Å². The molecule has 2 bridgehead atoms. The number of nitrogens with one attached hydrogen (secondary N) is 1. The molecular weight excluding hydrogens is 624 g/mol. The van der Waals surface area contributed by atoms with Crippen molar-refractivity contribution in [2.45, 2.75) is 103 Å². The molecule has 12 nitrogen and oxygen atoms in total. The Bertz CT molecular complexity index is 1840. The van der Waals surface area contributed by atoms with E-state index in [-0.39, 0.29) is 30.4 Å². The van der Waals surface area contributed by atoms with E-state index in [1.165, 1.54) is 0 Å². The van der Waals surface area contributed by atoms with Gasteiger partial charge in [0.2, 0.25) is 5.95 Å². The summed E-state index contributed by atoms with van der Waals surface area (Å²) in [6, 6.07) is 5.07. The van der Waals surface area contributed by atoms with Crippen LogP contribution in [-0.2, 0) is 30.3 Å². The number of aromatic nitrogens is 6. The number of benzene rings is 1. The van der Waals surface area contributed by atoms with Crippen molar-refractivity contribution in [2.75, 3.05) is 11.5 Å². The van der Waals surface area contributed by atoms with Gasteiger partial charge in [-0.15, -0.1) is 5.10 Å². The second-order valence-electron chi connectivity index (χ2n) is 14.9. The molecule has 0 aliphatic carbocycles. The Kier molecular flexibility index (Phi) is 8.47. The van der Waals surface area contributed by atoms with Crippen LogP contribution in [0.1, 0.15) is 46.5 Å². The first-order valence-electron chi connectivity index (χ1n) is 16.0. The highest BCUT2D eigenvalue weighted by molar-refractivity contribution is 6.76. The SMILES string of the molecule is Cn1c(N2[C@@H]3CC[C@H]2CC(NC(=O)OC(C)(C)C)C3)nc2c(c(-c3ccc4nnn(C)c4c3Cl)cn2COCC[Si](C)(C)C)c1=O. The van der Waals surface area contributed by atoms with Gasteiger partial charge in [-0.25, -0.2) is 9.48 Å². The summed E-state index contributed by atoms with van der Waals surface area (Å²) in [6.07, 6.45) is 4.97. The summed E-state index contributed by atoms with van der Waals surface area (Å²) in [5.41, 5.74) is 2.65. The van der Waals surface area contributed by atoms with Gasteiger partial charge in [-0.2, -0.15) is 4.98 Å². The number of anilines is 1. The first-order valence-corrected chi connectivity index (χ1v) is 20.1. The zero-order valence-electron chi connectivity index (χ0n) is 28.1. The first-order chi connectivity index (χ1) is 21.6. The summed E-state index contributed by atoms with van der Waals surface area (Å²) in [5, 5.41) is 12.4. The van der Waals surface area contributed by atoms with Crippen LogP contribution in [0.5, 0.6) is 0 Å². The lowest BCUT2D eigenvalue weighted by Crippen LogP contribution is -2.52. The van der Waals surface area contributed by atoms with Gasteiger partial charge < -0.3 is 24.3 Å². The normalized spacial score (nSPS) is 20.2. The van der Waals surface area contributed by atoms with Crippen LogP contribution >= 0.6 is 11.6 Å². The molecule has 0 spiro atoms. The molecule has 2 saturated heterocycles. The molecule has 1 N–H and O–H groups in total. The van der Waals surface area contributed by atoms with Crippen LogP contribution in [0.25, 0.3) is 33.2 Å². The molecule has 3 atom stereocenters. The van der Waals surface area contributed by atoms with Gasteiger partial charge in [-0.3, -0.25) is 9.36 Å². The van der Waals surface area contributed by atoms with Gasteiger partial charge in [0.25, 0.3) is 5.56 Å². The van der Waals surface area contributed by atoms with Crippen LogP contribution < -0.4 is 15.8 Å². The molecule has 1 amide bonds. The molecule has 2 aliphatic heterocycles. The van der Waals surface area contributed by atoms with E-state index in [0.29, 0.717) is 50.8 Å². The largest absolute Gasteiger partial charge is 0.444 e. The maximum absolute atomic E-state index is 14.3. The third-order valence-corrected chi connectivity index (χ3v) is 11.1. The predicted molar refractivity (Wildman–Crippen MR) is 183 cm³/mol. The Morgan fingerprint density at radius 3 is 2.46 bits per heavy atom. The van der Waals surface area contributed by atoms with Crippen molar-refractivity contribution >= 4 is 53.8 Å². The predicted octanol–water partition coefficient (Wildman–Crippen LogP) is 5.67. The minimum Gasteiger partial charge on any atom is -0.444 e. The molecule has 1 unspecified atom stereocenters. The van der Waals surface area contributed by atoms with Crippen LogP contribution in [-0.4, -0.2) is 73.6 Å². The molecule has 14 heteroatoms. The minimum absolute atomic E-state index is 0.00172. The number of carbonyl (C=O) groups is 1. The van der Waals surface area contributed by atoms with Crippen molar-refractivity contribution in [3.05, 3.63) is 33.7 Å². The fourth-order valence-electron chi connectivity index (χ4n) is 6.79. The van der Waals surface area contributed by atoms with E-state index in [0.717, 1.165) is 31.7 Å². The smallest absolute Gasteiger partial charge is 0.407 e. The van der Waals surface area contributed by atoms with Gasteiger partial charge in [-0.05, 0) is 58.6 Å². The second kappa shape index (κ2) is 12.0. The molecule has 0 saturated carbocycles. The van der Waals surface area contributed by atoms with Crippen LogP contribution in [0.3, 0.4) is 0 Å². The number of fused-ring (bicyclic) bond motifs is 4. The molecule has 3 aromatic heterocycles. The second-order valence-corrected chi connectivity index (χ2v) is 20.9. The number of aryl methyl sites for hydroxylation is 1. The summed E-state index contributed by atoms with van der Waals surface area (Å²) in [5.74, 6) is 0.631. The van der Waals surface area contributed by atoms with Gasteiger partial charge >= 0.3 is 6.09 Å². The lowest BCUT2D eigenvalue weighted by atomic mass is 9.98. The van der Waals surface area contributed by atoms with Crippen LogP contribution in [0, 0.1) is 0 Å². The van der Waals surface area contributed by atoms with Crippen LogP contribution in [0.4, 0.5) is 10.7 Å². The summed E-state index contributed by atoms with van der Waals surface area (Å²) in [6.45, 7) is 13.5. The number of piperidine rings is 1. The molecule has 5 heterocycles. The van der Waals surface area contributed by atoms with E-state index in [4.69, 9.17) is 26.1 Å². The molecule has 4 aromatic rings. The highest BCUT2D eigenvalue weighted by atomic mass is 35.5. The maximum atomic E-state index is 14.3. The molecular formula is C32H45ClN8O4Si. The van der Waals surface area contributed by atoms with Crippen molar-refractivity contribution in [1.29, 1.82) is 0 Å². The Labute approximate surface area is 275 Å². The van der Waals surface area contributed by atoms with Crippen molar-refractivity contribution < 1.29 is 14.3 Å². The van der Waals surface area contributed by atoms with Crippen LogP contribution in [0.2, 0.25) is 30.7 Å². The third-order valence-electron chi connectivity index (χ3n) is 8.98. The standard InChI is InChI=1S/C32H45ClN8O4Si/c1-32(2,3)45-31(43)34-19-15-20-9-10-21(16-19)41(20)30-35-28-25(29(42)38(30)4)23(17-40(28)18-44-13-14-46(6,7)8)22-11-12-24-27(26(22)33)39(5)37-36-24/h11-12,17,19-21H,9-10,13-16,18H2,1-8H3,(H,34,43)/t19?,20-,21+. The Morgan fingerprint density at radius 2 is 1.80 bits per heavy atom. The fourth-order valence-corrected chi connectivity index (χ4v) is 7.93. The lowest BCUT2D eigenvalue weighted by Gasteiger charge is -2.40. The van der Waals surface area contributed by atoms with Crippen molar-refractivity contribution in [1.82, 2.24) is 34.4 Å². The number of halogens is 1. The van der Waals surface area contributed by atoms with E-state index < -0.39 is 19.8 Å². The van der Waals surface area contributed by atoms with E-state index in [2.05, 4.69) is 40.2 Å². The molecule has 2 aliphatic rings. The summed E-state index contributed by atoms with van der Waals surface area (Å²) >= 11 is 6.97. The number of rotatable bonds is 8. The zero-order valence-corrected chi connectivity index (χ0v) is 29.8. The Morgan fingerprint density at radius 1 is 1.11 bits per heavy atom. The molecule has 2 fully saturated rings. The van der Waals surface area contributed by atoms with Crippen molar-refractivity contribution in [2.24, 2.45) is 14.1 Å². The number of nitrogens with zero attached hydrogens (tertiary/aromatic N) is 7. The third kappa shape index (κ3) is 6.28. The van der Waals surface area contributed by atoms with E-state index in [9.17, 15) is 9.59 Å². The number of amides is 1. The highest BCUT2D eigenvalue weighted by Gasteiger charge is 2.43. The van der Waals surface area contributed by atoms with Gasteiger partial charge in [0.1, 0.15) is 23.4 Å². The molecule has 46 heavy (non-hydrogen) atoms. The molecule has 6 rings (SSSR count). The summed E-state index contributed by atoms with van der Waals surface area (Å²) in [7, 11) is 2.30. The summed E-state index contributed by atoms with van der Waals surface area (Å²) < 4.78 is 16.9. The monoisotopic (exact) mass is 668 g/mol.